The minimum Gasteiger partial charge on any atom is -0.380 e. The Labute approximate surface area is 116 Å². The van der Waals surface area contributed by atoms with E-state index in [-0.39, 0.29) is 12.0 Å². The Morgan fingerprint density at radius 2 is 2.05 bits per heavy atom. The Kier molecular flexibility index (Phi) is 7.34. The number of likely N-dealkylation sites (tertiary alicyclic amines) is 1. The molecule has 1 saturated heterocycles. The average molecular weight is 271 g/mol. The molecular weight excluding hydrogens is 242 g/mol. The number of ether oxygens (including phenoxy) is 1. The van der Waals surface area contributed by atoms with Gasteiger partial charge in [0.1, 0.15) is 0 Å². The van der Waals surface area contributed by atoms with Crippen molar-refractivity contribution in [3.63, 3.8) is 0 Å². The lowest BCUT2D eigenvalue weighted by Crippen LogP contribution is -2.46. The zero-order valence-corrected chi connectivity index (χ0v) is 12.5. The van der Waals surface area contributed by atoms with Gasteiger partial charge in [-0.25, -0.2) is 0 Å². The Morgan fingerprint density at radius 1 is 1.42 bits per heavy atom. The molecule has 1 rings (SSSR count). The molecule has 0 aliphatic carbocycles. The molecule has 0 aromatic heterocycles. The number of hydrogen-bond donors (Lipinski definition) is 2. The molecule has 1 aliphatic rings. The molecule has 19 heavy (non-hydrogen) atoms. The quantitative estimate of drug-likeness (QED) is 0.711. The van der Waals surface area contributed by atoms with E-state index in [9.17, 15) is 4.79 Å². The molecule has 1 heterocycles. The van der Waals surface area contributed by atoms with Crippen LogP contribution in [0.5, 0.6) is 0 Å². The predicted molar refractivity (Wildman–Crippen MR) is 76.9 cm³/mol. The molecule has 0 saturated carbocycles. The maximum atomic E-state index is 11.8. The van der Waals surface area contributed by atoms with Gasteiger partial charge in [0.05, 0.1) is 12.5 Å². The van der Waals surface area contributed by atoms with Gasteiger partial charge in [0.25, 0.3) is 0 Å². The van der Waals surface area contributed by atoms with Gasteiger partial charge in [0, 0.05) is 39.3 Å². The summed E-state index contributed by atoms with van der Waals surface area (Å²) in [6.07, 6.45) is 2.28. The van der Waals surface area contributed by atoms with Gasteiger partial charge in [-0.1, -0.05) is 13.8 Å². The Bertz CT molecular complexity index is 259. The van der Waals surface area contributed by atoms with Crippen molar-refractivity contribution in [2.75, 3.05) is 33.3 Å². The summed E-state index contributed by atoms with van der Waals surface area (Å²) in [5.74, 6) is 0.762. The Morgan fingerprint density at radius 3 is 2.53 bits per heavy atom. The summed E-state index contributed by atoms with van der Waals surface area (Å²) in [5.41, 5.74) is 5.52. The first-order valence-electron chi connectivity index (χ1n) is 7.29. The highest BCUT2D eigenvalue weighted by Gasteiger charge is 2.21. The van der Waals surface area contributed by atoms with Crippen LogP contribution in [0.2, 0.25) is 0 Å². The van der Waals surface area contributed by atoms with Crippen molar-refractivity contribution in [3.05, 3.63) is 0 Å². The number of rotatable bonds is 7. The van der Waals surface area contributed by atoms with Gasteiger partial charge >= 0.3 is 0 Å². The van der Waals surface area contributed by atoms with Gasteiger partial charge in [-0.05, 0) is 18.8 Å². The summed E-state index contributed by atoms with van der Waals surface area (Å²) in [5, 5.41) is 3.09. The fourth-order valence-electron chi connectivity index (χ4n) is 2.53. The summed E-state index contributed by atoms with van der Waals surface area (Å²) in [6.45, 7) is 8.18. The van der Waals surface area contributed by atoms with Gasteiger partial charge in [-0.15, -0.1) is 0 Å². The molecule has 3 N–H and O–H groups in total. The van der Waals surface area contributed by atoms with Crippen molar-refractivity contribution < 1.29 is 9.53 Å². The number of carbonyl (C=O) groups is 1. The van der Waals surface area contributed by atoms with E-state index in [1.807, 2.05) is 0 Å². The number of nitrogens with one attached hydrogen (secondary N) is 1. The third-order valence-electron chi connectivity index (χ3n) is 3.59. The van der Waals surface area contributed by atoms with Crippen molar-refractivity contribution >= 4 is 5.91 Å². The van der Waals surface area contributed by atoms with Gasteiger partial charge in [0.2, 0.25) is 5.91 Å². The van der Waals surface area contributed by atoms with Crippen LogP contribution in [0.25, 0.3) is 0 Å². The van der Waals surface area contributed by atoms with Gasteiger partial charge in [0.15, 0.2) is 0 Å². The van der Waals surface area contributed by atoms with E-state index in [4.69, 9.17) is 10.5 Å². The number of hydrogen-bond acceptors (Lipinski definition) is 4. The smallest absolute Gasteiger partial charge is 0.222 e. The van der Waals surface area contributed by atoms with Gasteiger partial charge in [-0.3, -0.25) is 4.79 Å². The second kappa shape index (κ2) is 8.51. The molecule has 0 radical (unpaired) electrons. The number of amides is 1. The van der Waals surface area contributed by atoms with Crippen molar-refractivity contribution in [1.29, 1.82) is 0 Å². The van der Waals surface area contributed by atoms with Crippen LogP contribution in [0.4, 0.5) is 0 Å². The van der Waals surface area contributed by atoms with Crippen molar-refractivity contribution in [2.45, 2.75) is 45.3 Å². The molecule has 112 valence electrons. The molecule has 5 nitrogen and oxygen atoms in total. The molecule has 1 fully saturated rings. The second-order valence-corrected chi connectivity index (χ2v) is 5.83. The minimum absolute atomic E-state index is 0.0552. The summed E-state index contributed by atoms with van der Waals surface area (Å²) in [6, 6.07) is 0.311. The molecule has 0 bridgehead atoms. The second-order valence-electron chi connectivity index (χ2n) is 5.83. The van der Waals surface area contributed by atoms with Crippen LogP contribution >= 0.6 is 0 Å². The molecule has 1 atom stereocenters. The van der Waals surface area contributed by atoms with Crippen LogP contribution < -0.4 is 11.1 Å². The molecule has 0 aromatic rings. The highest BCUT2D eigenvalue weighted by Crippen LogP contribution is 2.12. The summed E-state index contributed by atoms with van der Waals surface area (Å²) in [7, 11) is 1.59. The summed E-state index contributed by atoms with van der Waals surface area (Å²) >= 11 is 0. The van der Waals surface area contributed by atoms with Crippen LogP contribution in [-0.2, 0) is 9.53 Å². The van der Waals surface area contributed by atoms with E-state index in [0.29, 0.717) is 24.9 Å². The predicted octanol–water partition coefficient (Wildman–Crippen LogP) is 0.587. The fraction of sp³-hybridized carbons (Fsp3) is 0.929. The highest BCUT2D eigenvalue weighted by molar-refractivity contribution is 5.76. The fourth-order valence-corrected chi connectivity index (χ4v) is 2.53. The standard InChI is InChI=1S/C14H29N3O2/c1-11(2)10-17-6-4-12(5-7-17)16-14(18)8-13(9-15)19-3/h11-13H,4-10,15H2,1-3H3,(H,16,18). The molecule has 1 unspecified atom stereocenters. The topological polar surface area (TPSA) is 67.6 Å². The molecule has 0 aromatic carbocycles. The molecular formula is C14H29N3O2. The number of nitrogens with zero attached hydrogens (tertiary/aromatic N) is 1. The van der Waals surface area contributed by atoms with E-state index in [0.717, 1.165) is 32.5 Å². The van der Waals surface area contributed by atoms with Crippen LogP contribution in [0.3, 0.4) is 0 Å². The van der Waals surface area contributed by atoms with E-state index in [1.165, 1.54) is 0 Å². The van der Waals surface area contributed by atoms with Crippen LogP contribution in [0.15, 0.2) is 0 Å². The van der Waals surface area contributed by atoms with E-state index >= 15 is 0 Å². The largest absolute Gasteiger partial charge is 0.380 e. The third-order valence-corrected chi connectivity index (χ3v) is 3.59. The molecule has 5 heteroatoms. The molecule has 0 spiro atoms. The van der Waals surface area contributed by atoms with Crippen LogP contribution in [0, 0.1) is 5.92 Å². The summed E-state index contributed by atoms with van der Waals surface area (Å²) in [4.78, 5) is 14.3. The number of carbonyl (C=O) groups excluding carboxylic acids is 1. The van der Waals surface area contributed by atoms with Crippen LogP contribution in [0.1, 0.15) is 33.1 Å². The third kappa shape index (κ3) is 6.36. The Balaban J connectivity index is 2.23. The maximum Gasteiger partial charge on any atom is 0.222 e. The lowest BCUT2D eigenvalue weighted by atomic mass is 10.0. The summed E-state index contributed by atoms with van der Waals surface area (Å²) < 4.78 is 5.13. The van der Waals surface area contributed by atoms with Crippen LogP contribution in [-0.4, -0.2) is 56.2 Å². The maximum absolute atomic E-state index is 11.8. The number of nitrogens with two attached hydrogens (primary N) is 1. The van der Waals surface area contributed by atoms with E-state index in [1.54, 1.807) is 7.11 Å². The zero-order chi connectivity index (χ0) is 14.3. The monoisotopic (exact) mass is 271 g/mol. The first kappa shape index (κ1) is 16.4. The van der Waals surface area contributed by atoms with Crippen molar-refractivity contribution in [2.24, 2.45) is 11.7 Å². The van der Waals surface area contributed by atoms with Gasteiger partial charge < -0.3 is 20.7 Å². The average Bonchev–Trinajstić information content (AvgIpc) is 2.37. The minimum atomic E-state index is -0.166. The number of piperidine rings is 1. The van der Waals surface area contributed by atoms with E-state index in [2.05, 4.69) is 24.1 Å². The van der Waals surface area contributed by atoms with Gasteiger partial charge in [-0.2, -0.15) is 0 Å². The highest BCUT2D eigenvalue weighted by atomic mass is 16.5. The Hall–Kier alpha value is -0.650. The van der Waals surface area contributed by atoms with Crippen molar-refractivity contribution in [1.82, 2.24) is 10.2 Å². The first-order chi connectivity index (χ1) is 9.05. The molecule has 1 amide bonds. The SMILES string of the molecule is COC(CN)CC(=O)NC1CCN(CC(C)C)CC1. The first-order valence-corrected chi connectivity index (χ1v) is 7.29. The molecule has 1 aliphatic heterocycles. The normalized spacial score (nSPS) is 19.6. The lowest BCUT2D eigenvalue weighted by molar-refractivity contribution is -0.124. The lowest BCUT2D eigenvalue weighted by Gasteiger charge is -2.33. The zero-order valence-electron chi connectivity index (χ0n) is 12.5. The number of methoxy groups -OCH3 is 1. The van der Waals surface area contributed by atoms with Crippen molar-refractivity contribution in [3.8, 4) is 0 Å². The van der Waals surface area contributed by atoms with E-state index < -0.39 is 0 Å².